The fraction of sp³-hybridized carbons (Fsp3) is 0.263. The minimum Gasteiger partial charge on any atom is -0.396 e. The van der Waals surface area contributed by atoms with Crippen LogP contribution in [0.15, 0.2) is 54.6 Å². The third-order valence-corrected chi connectivity index (χ3v) is 3.64. The lowest BCUT2D eigenvalue weighted by molar-refractivity contribution is -0.115. The normalized spacial score (nSPS) is 11.5. The van der Waals surface area contributed by atoms with Crippen LogP contribution in [0.5, 0.6) is 0 Å². The lowest BCUT2D eigenvalue weighted by Crippen LogP contribution is -2.31. The van der Waals surface area contributed by atoms with Gasteiger partial charge in [0.2, 0.25) is 5.91 Å². The lowest BCUT2D eigenvalue weighted by atomic mass is 10.0. The van der Waals surface area contributed by atoms with Gasteiger partial charge in [0, 0.05) is 18.3 Å². The van der Waals surface area contributed by atoms with Crippen LogP contribution in [0, 0.1) is 11.3 Å². The van der Waals surface area contributed by atoms with Gasteiger partial charge in [0.1, 0.15) is 0 Å². The summed E-state index contributed by atoms with van der Waals surface area (Å²) >= 11 is 0. The van der Waals surface area contributed by atoms with Crippen molar-refractivity contribution in [1.82, 2.24) is 5.32 Å². The van der Waals surface area contributed by atoms with E-state index in [9.17, 15) is 4.79 Å². The van der Waals surface area contributed by atoms with Gasteiger partial charge >= 0.3 is 0 Å². The van der Waals surface area contributed by atoms with Gasteiger partial charge in [0.05, 0.1) is 18.2 Å². The number of nitrogens with zero attached hydrogens (tertiary/aromatic N) is 1. The SMILES string of the molecule is N#Cc1cccc(NC(=O)CNC(CCCO)c2ccccc2)c1. The molecule has 0 fully saturated rings. The maximum Gasteiger partial charge on any atom is 0.238 e. The number of hydrogen-bond acceptors (Lipinski definition) is 4. The zero-order chi connectivity index (χ0) is 17.2. The molecule has 2 rings (SSSR count). The van der Waals surface area contributed by atoms with Crippen molar-refractivity contribution >= 4 is 11.6 Å². The summed E-state index contributed by atoms with van der Waals surface area (Å²) in [4.78, 5) is 12.1. The number of nitriles is 1. The first-order chi connectivity index (χ1) is 11.7. The molecule has 1 unspecified atom stereocenters. The van der Waals surface area contributed by atoms with E-state index < -0.39 is 0 Å². The van der Waals surface area contributed by atoms with Gasteiger partial charge in [-0.3, -0.25) is 4.79 Å². The van der Waals surface area contributed by atoms with Gasteiger partial charge in [-0.25, -0.2) is 0 Å². The number of nitrogens with one attached hydrogen (secondary N) is 2. The van der Waals surface area contributed by atoms with E-state index in [1.807, 2.05) is 36.4 Å². The number of rotatable bonds is 8. The van der Waals surface area contributed by atoms with E-state index in [0.717, 1.165) is 12.0 Å². The highest BCUT2D eigenvalue weighted by molar-refractivity contribution is 5.92. The molecule has 0 radical (unpaired) electrons. The van der Waals surface area contributed by atoms with Crippen molar-refractivity contribution in [3.05, 3.63) is 65.7 Å². The van der Waals surface area contributed by atoms with Crippen LogP contribution < -0.4 is 10.6 Å². The van der Waals surface area contributed by atoms with E-state index >= 15 is 0 Å². The first-order valence-electron chi connectivity index (χ1n) is 7.92. The van der Waals surface area contributed by atoms with Crippen molar-refractivity contribution in [2.24, 2.45) is 0 Å². The van der Waals surface area contributed by atoms with Crippen molar-refractivity contribution in [3.63, 3.8) is 0 Å². The van der Waals surface area contributed by atoms with Gasteiger partial charge in [0.15, 0.2) is 0 Å². The highest BCUT2D eigenvalue weighted by Gasteiger charge is 2.12. The summed E-state index contributed by atoms with van der Waals surface area (Å²) < 4.78 is 0. The van der Waals surface area contributed by atoms with Crippen molar-refractivity contribution < 1.29 is 9.90 Å². The average Bonchev–Trinajstić information content (AvgIpc) is 2.62. The van der Waals surface area contributed by atoms with Crippen molar-refractivity contribution in [3.8, 4) is 6.07 Å². The fourth-order valence-corrected chi connectivity index (χ4v) is 2.45. The smallest absolute Gasteiger partial charge is 0.238 e. The molecule has 0 bridgehead atoms. The molecule has 0 saturated heterocycles. The van der Waals surface area contributed by atoms with Crippen molar-refractivity contribution in [2.75, 3.05) is 18.5 Å². The first-order valence-corrected chi connectivity index (χ1v) is 7.92. The Labute approximate surface area is 141 Å². The third kappa shape index (κ3) is 5.51. The summed E-state index contributed by atoms with van der Waals surface area (Å²) in [6.45, 7) is 0.278. The van der Waals surface area contributed by atoms with Crippen LogP contribution in [0.25, 0.3) is 0 Å². The van der Waals surface area contributed by atoms with E-state index in [1.165, 1.54) is 0 Å². The van der Waals surface area contributed by atoms with Crippen LogP contribution >= 0.6 is 0 Å². The Morgan fingerprint density at radius 3 is 2.67 bits per heavy atom. The van der Waals surface area contributed by atoms with Gasteiger partial charge < -0.3 is 15.7 Å². The largest absolute Gasteiger partial charge is 0.396 e. The first kappa shape index (κ1) is 17.7. The number of aliphatic hydroxyl groups is 1. The van der Waals surface area contributed by atoms with Gasteiger partial charge in [-0.15, -0.1) is 0 Å². The number of benzene rings is 2. The molecule has 0 aliphatic rings. The highest BCUT2D eigenvalue weighted by atomic mass is 16.2. The van der Waals surface area contributed by atoms with E-state index in [1.54, 1.807) is 24.3 Å². The summed E-state index contributed by atoms with van der Waals surface area (Å²) in [5.41, 5.74) is 2.20. The molecule has 0 spiro atoms. The molecule has 124 valence electrons. The molecular weight excluding hydrogens is 302 g/mol. The number of carbonyl (C=O) groups is 1. The molecule has 0 saturated carbocycles. The number of aliphatic hydroxyl groups excluding tert-OH is 1. The van der Waals surface area contributed by atoms with Crippen LogP contribution in [-0.2, 0) is 4.79 Å². The molecule has 1 amide bonds. The predicted octanol–water partition coefficient (Wildman–Crippen LogP) is 2.60. The van der Waals surface area contributed by atoms with Gasteiger partial charge in [0.25, 0.3) is 0 Å². The summed E-state index contributed by atoms with van der Waals surface area (Å²) in [6, 6.07) is 18.7. The quantitative estimate of drug-likeness (QED) is 0.697. The third-order valence-electron chi connectivity index (χ3n) is 3.64. The number of hydrogen-bond donors (Lipinski definition) is 3. The topological polar surface area (TPSA) is 85.2 Å². The number of amides is 1. The van der Waals surface area contributed by atoms with Crippen LogP contribution in [0.4, 0.5) is 5.69 Å². The fourth-order valence-electron chi connectivity index (χ4n) is 2.45. The zero-order valence-corrected chi connectivity index (χ0v) is 13.4. The molecule has 2 aromatic carbocycles. The molecule has 0 aliphatic heterocycles. The molecule has 5 nitrogen and oxygen atoms in total. The van der Waals surface area contributed by atoms with Crippen molar-refractivity contribution in [1.29, 1.82) is 5.26 Å². The Hall–Kier alpha value is -2.68. The van der Waals surface area contributed by atoms with Gasteiger partial charge in [-0.1, -0.05) is 36.4 Å². The molecule has 24 heavy (non-hydrogen) atoms. The van der Waals surface area contributed by atoms with Crippen molar-refractivity contribution in [2.45, 2.75) is 18.9 Å². The average molecular weight is 323 g/mol. The maximum atomic E-state index is 12.1. The Bertz CT molecular complexity index is 695. The summed E-state index contributed by atoms with van der Waals surface area (Å²) in [7, 11) is 0. The van der Waals surface area contributed by atoms with E-state index in [-0.39, 0.29) is 25.1 Å². The summed E-state index contributed by atoms with van der Waals surface area (Å²) in [5.74, 6) is -0.171. The lowest BCUT2D eigenvalue weighted by Gasteiger charge is -2.18. The Kier molecular flexibility index (Phi) is 6.96. The van der Waals surface area contributed by atoms with Gasteiger partial charge in [-0.05, 0) is 36.6 Å². The Morgan fingerprint density at radius 2 is 1.96 bits per heavy atom. The second-order valence-corrected chi connectivity index (χ2v) is 5.45. The van der Waals surface area contributed by atoms with E-state index in [0.29, 0.717) is 17.7 Å². The molecule has 0 aromatic heterocycles. The van der Waals surface area contributed by atoms with Crippen LogP contribution in [0.2, 0.25) is 0 Å². The number of anilines is 1. The molecule has 2 aromatic rings. The summed E-state index contributed by atoms with van der Waals surface area (Å²) in [6.07, 6.45) is 1.41. The van der Waals surface area contributed by atoms with E-state index in [4.69, 9.17) is 10.4 Å². The minimum atomic E-state index is -0.171. The maximum absolute atomic E-state index is 12.1. The molecule has 3 N–H and O–H groups in total. The molecular formula is C19H21N3O2. The van der Waals surface area contributed by atoms with Crippen LogP contribution in [0.3, 0.4) is 0 Å². The van der Waals surface area contributed by atoms with Crippen LogP contribution in [0.1, 0.15) is 30.0 Å². The molecule has 1 atom stereocenters. The summed E-state index contributed by atoms with van der Waals surface area (Å²) in [5, 5.41) is 23.9. The number of carbonyl (C=O) groups excluding carboxylic acids is 1. The second-order valence-electron chi connectivity index (χ2n) is 5.45. The second kappa shape index (κ2) is 9.46. The highest BCUT2D eigenvalue weighted by Crippen LogP contribution is 2.18. The molecule has 0 heterocycles. The van der Waals surface area contributed by atoms with Gasteiger partial charge in [-0.2, -0.15) is 5.26 Å². The minimum absolute atomic E-state index is 0.00884. The standard InChI is InChI=1S/C19H21N3O2/c20-13-15-6-4-9-17(12-15)22-19(24)14-21-18(10-5-11-23)16-7-2-1-3-8-16/h1-4,6-9,12,18,21,23H,5,10-11,14H2,(H,22,24). The monoisotopic (exact) mass is 323 g/mol. The molecule has 5 heteroatoms. The Balaban J connectivity index is 1.93. The Morgan fingerprint density at radius 1 is 1.17 bits per heavy atom. The molecule has 0 aliphatic carbocycles. The predicted molar refractivity (Wildman–Crippen MR) is 93.3 cm³/mol. The van der Waals surface area contributed by atoms with E-state index in [2.05, 4.69) is 10.6 Å². The zero-order valence-electron chi connectivity index (χ0n) is 13.4. The van der Waals surface area contributed by atoms with Crippen LogP contribution in [-0.4, -0.2) is 24.2 Å².